The summed E-state index contributed by atoms with van der Waals surface area (Å²) in [6, 6.07) is 15.2. The molecule has 5 nitrogen and oxygen atoms in total. The molecule has 0 radical (unpaired) electrons. The van der Waals surface area contributed by atoms with E-state index in [4.69, 9.17) is 9.47 Å². The summed E-state index contributed by atoms with van der Waals surface area (Å²) >= 11 is 0. The van der Waals surface area contributed by atoms with Crippen molar-refractivity contribution in [3.63, 3.8) is 0 Å². The van der Waals surface area contributed by atoms with E-state index in [0.717, 1.165) is 11.1 Å². The van der Waals surface area contributed by atoms with Crippen LogP contribution in [0.4, 0.5) is 0 Å². The normalized spacial score (nSPS) is 13.9. The molecule has 1 aliphatic rings. The van der Waals surface area contributed by atoms with Crippen LogP contribution in [0.1, 0.15) is 11.1 Å². The lowest BCUT2D eigenvalue weighted by Gasteiger charge is -2.10. The number of carbonyl (C=O) groups is 1. The number of amides is 1. The van der Waals surface area contributed by atoms with Gasteiger partial charge in [-0.1, -0.05) is 36.4 Å². The molecule has 2 aromatic carbocycles. The molecular weight excluding hydrogens is 306 g/mol. The number of nitrogens with one attached hydrogen (secondary N) is 1. The molecule has 0 saturated carbocycles. The SMILES string of the molecule is O=C(/C=C/c1ccc2c(c1)OCO2)NCC(O)Cc1ccccc1. The highest BCUT2D eigenvalue weighted by Gasteiger charge is 2.12. The molecule has 1 aliphatic heterocycles. The van der Waals surface area contributed by atoms with Crippen LogP contribution in [-0.2, 0) is 11.2 Å². The minimum atomic E-state index is -0.615. The second-order valence-electron chi connectivity index (χ2n) is 5.53. The van der Waals surface area contributed by atoms with Gasteiger partial charge < -0.3 is 19.9 Å². The molecule has 1 unspecified atom stereocenters. The molecule has 0 bridgehead atoms. The lowest BCUT2D eigenvalue weighted by molar-refractivity contribution is -0.116. The van der Waals surface area contributed by atoms with Crippen LogP contribution in [-0.4, -0.2) is 30.5 Å². The van der Waals surface area contributed by atoms with Crippen LogP contribution in [0.5, 0.6) is 11.5 Å². The van der Waals surface area contributed by atoms with E-state index in [9.17, 15) is 9.90 Å². The predicted molar refractivity (Wildman–Crippen MR) is 90.8 cm³/mol. The fourth-order valence-corrected chi connectivity index (χ4v) is 2.42. The van der Waals surface area contributed by atoms with Gasteiger partial charge in [0.15, 0.2) is 11.5 Å². The van der Waals surface area contributed by atoms with E-state index < -0.39 is 6.10 Å². The topological polar surface area (TPSA) is 67.8 Å². The van der Waals surface area contributed by atoms with Crippen LogP contribution >= 0.6 is 0 Å². The van der Waals surface area contributed by atoms with Gasteiger partial charge in [-0.05, 0) is 29.3 Å². The van der Waals surface area contributed by atoms with Crippen LogP contribution in [0.2, 0.25) is 0 Å². The number of hydrogen-bond acceptors (Lipinski definition) is 4. The Morgan fingerprint density at radius 3 is 2.79 bits per heavy atom. The third-order valence-electron chi connectivity index (χ3n) is 3.65. The lowest BCUT2D eigenvalue weighted by atomic mass is 10.1. The minimum absolute atomic E-state index is 0.208. The van der Waals surface area contributed by atoms with Gasteiger partial charge >= 0.3 is 0 Å². The number of carbonyl (C=O) groups excluding carboxylic acids is 1. The first-order valence-electron chi connectivity index (χ1n) is 7.78. The summed E-state index contributed by atoms with van der Waals surface area (Å²) in [5.74, 6) is 1.14. The van der Waals surface area contributed by atoms with E-state index in [-0.39, 0.29) is 19.2 Å². The van der Waals surface area contributed by atoms with E-state index in [1.54, 1.807) is 6.08 Å². The van der Waals surface area contributed by atoms with Crippen molar-refractivity contribution in [2.24, 2.45) is 0 Å². The van der Waals surface area contributed by atoms with Gasteiger partial charge in [0.05, 0.1) is 6.10 Å². The van der Waals surface area contributed by atoms with Crippen LogP contribution in [0.3, 0.4) is 0 Å². The fraction of sp³-hybridized carbons (Fsp3) is 0.211. The molecule has 1 amide bonds. The number of aliphatic hydroxyl groups is 1. The van der Waals surface area contributed by atoms with Gasteiger partial charge in [0.1, 0.15) is 0 Å². The zero-order valence-corrected chi connectivity index (χ0v) is 13.1. The van der Waals surface area contributed by atoms with E-state index in [1.807, 2.05) is 48.5 Å². The second-order valence-corrected chi connectivity index (χ2v) is 5.53. The monoisotopic (exact) mass is 325 g/mol. The van der Waals surface area contributed by atoms with Crippen molar-refractivity contribution in [2.45, 2.75) is 12.5 Å². The molecule has 1 atom stereocenters. The second kappa shape index (κ2) is 7.66. The van der Waals surface area contributed by atoms with E-state index in [0.29, 0.717) is 17.9 Å². The molecule has 0 aromatic heterocycles. The summed E-state index contributed by atoms with van der Waals surface area (Å²) in [6.45, 7) is 0.432. The van der Waals surface area contributed by atoms with Crippen LogP contribution < -0.4 is 14.8 Å². The van der Waals surface area contributed by atoms with Crippen molar-refractivity contribution < 1.29 is 19.4 Å². The first-order valence-corrected chi connectivity index (χ1v) is 7.78. The number of hydrogen-bond donors (Lipinski definition) is 2. The maximum atomic E-state index is 11.8. The van der Waals surface area contributed by atoms with E-state index in [1.165, 1.54) is 6.08 Å². The molecule has 1 heterocycles. The highest BCUT2D eigenvalue weighted by atomic mass is 16.7. The first kappa shape index (κ1) is 16.1. The summed E-state index contributed by atoms with van der Waals surface area (Å²) in [5.41, 5.74) is 1.88. The Kier molecular flexibility index (Phi) is 5.13. The largest absolute Gasteiger partial charge is 0.454 e. The number of ether oxygens (including phenoxy) is 2. The van der Waals surface area contributed by atoms with Crippen molar-refractivity contribution in [3.8, 4) is 11.5 Å². The zero-order chi connectivity index (χ0) is 16.8. The van der Waals surface area contributed by atoms with Gasteiger partial charge in [-0.3, -0.25) is 4.79 Å². The maximum Gasteiger partial charge on any atom is 0.244 e. The third-order valence-corrected chi connectivity index (χ3v) is 3.65. The van der Waals surface area contributed by atoms with Crippen molar-refractivity contribution >= 4 is 12.0 Å². The molecule has 5 heteroatoms. The van der Waals surface area contributed by atoms with Crippen LogP contribution in [0.15, 0.2) is 54.6 Å². The van der Waals surface area contributed by atoms with Gasteiger partial charge in [-0.2, -0.15) is 0 Å². The zero-order valence-electron chi connectivity index (χ0n) is 13.1. The first-order chi connectivity index (χ1) is 11.7. The molecular formula is C19H19NO4. The molecule has 0 fully saturated rings. The molecule has 124 valence electrons. The Bertz CT molecular complexity index is 727. The minimum Gasteiger partial charge on any atom is -0.454 e. The molecule has 0 spiro atoms. The number of benzene rings is 2. The molecule has 2 aromatic rings. The smallest absolute Gasteiger partial charge is 0.244 e. The average Bonchev–Trinajstić information content (AvgIpc) is 3.07. The van der Waals surface area contributed by atoms with Crippen molar-refractivity contribution in [2.75, 3.05) is 13.3 Å². The summed E-state index contributed by atoms with van der Waals surface area (Å²) in [5, 5.41) is 12.7. The van der Waals surface area contributed by atoms with Gasteiger partial charge in [0.25, 0.3) is 0 Å². The Labute approximate surface area is 140 Å². The Morgan fingerprint density at radius 1 is 1.17 bits per heavy atom. The molecule has 2 N–H and O–H groups in total. The molecule has 24 heavy (non-hydrogen) atoms. The highest BCUT2D eigenvalue weighted by Crippen LogP contribution is 2.32. The summed E-state index contributed by atoms with van der Waals surface area (Å²) < 4.78 is 10.5. The summed E-state index contributed by atoms with van der Waals surface area (Å²) in [6.07, 6.45) is 3.02. The highest BCUT2D eigenvalue weighted by molar-refractivity contribution is 5.91. The summed E-state index contributed by atoms with van der Waals surface area (Å²) in [4.78, 5) is 11.8. The van der Waals surface area contributed by atoms with E-state index >= 15 is 0 Å². The Morgan fingerprint density at radius 2 is 1.96 bits per heavy atom. The van der Waals surface area contributed by atoms with E-state index in [2.05, 4.69) is 5.32 Å². The maximum absolute atomic E-state index is 11.8. The molecule has 3 rings (SSSR count). The van der Waals surface area contributed by atoms with Gasteiger partial charge in [0.2, 0.25) is 12.7 Å². The Balaban J connectivity index is 1.47. The van der Waals surface area contributed by atoms with Crippen molar-refractivity contribution in [1.82, 2.24) is 5.32 Å². The molecule has 0 aliphatic carbocycles. The number of rotatable bonds is 6. The average molecular weight is 325 g/mol. The lowest BCUT2D eigenvalue weighted by Crippen LogP contribution is -2.32. The third kappa shape index (κ3) is 4.36. The van der Waals surface area contributed by atoms with Gasteiger partial charge in [-0.15, -0.1) is 0 Å². The quantitative estimate of drug-likeness (QED) is 0.799. The number of fused-ring (bicyclic) bond motifs is 1. The standard InChI is InChI=1S/C19H19NO4/c21-16(10-14-4-2-1-3-5-14)12-20-19(22)9-7-15-6-8-17-18(11-15)24-13-23-17/h1-9,11,16,21H,10,12-13H2,(H,20,22)/b9-7+. The summed E-state index contributed by atoms with van der Waals surface area (Å²) in [7, 11) is 0. The Hall–Kier alpha value is -2.79. The van der Waals surface area contributed by atoms with Gasteiger partial charge in [0, 0.05) is 19.0 Å². The van der Waals surface area contributed by atoms with Gasteiger partial charge in [-0.25, -0.2) is 0 Å². The predicted octanol–water partition coefficient (Wildman–Crippen LogP) is 2.15. The van der Waals surface area contributed by atoms with Crippen molar-refractivity contribution in [3.05, 3.63) is 65.7 Å². The molecule has 0 saturated heterocycles. The number of aliphatic hydroxyl groups excluding tert-OH is 1. The fourth-order valence-electron chi connectivity index (χ4n) is 2.42. The van der Waals surface area contributed by atoms with Crippen LogP contribution in [0.25, 0.3) is 6.08 Å². The van der Waals surface area contributed by atoms with Crippen LogP contribution in [0, 0.1) is 0 Å². The van der Waals surface area contributed by atoms with Crippen molar-refractivity contribution in [1.29, 1.82) is 0 Å².